The van der Waals surface area contributed by atoms with Crippen LogP contribution in [0.5, 0.6) is 11.5 Å². The lowest BCUT2D eigenvalue weighted by Crippen LogP contribution is -2.12. The van der Waals surface area contributed by atoms with E-state index in [1.54, 1.807) is 56.7 Å². The van der Waals surface area contributed by atoms with Crippen molar-refractivity contribution in [1.82, 2.24) is 10.1 Å². The predicted octanol–water partition coefficient (Wildman–Crippen LogP) is 4.88. The van der Waals surface area contributed by atoms with Crippen LogP contribution >= 0.6 is 11.6 Å². The molecule has 1 heterocycles. The third-order valence-electron chi connectivity index (χ3n) is 4.58. The fourth-order valence-electron chi connectivity index (χ4n) is 2.94. The first-order valence-electron chi connectivity index (χ1n) is 9.34. The fourth-order valence-corrected chi connectivity index (χ4v) is 4.13. The molecule has 0 amide bonds. The minimum Gasteiger partial charge on any atom is -0.493 e. The van der Waals surface area contributed by atoms with Crippen LogP contribution in [0.2, 0.25) is 5.02 Å². The second-order valence-electron chi connectivity index (χ2n) is 6.63. The number of nitrogens with zero attached hydrogens (tertiary/aromatic N) is 2. The molecule has 4 aromatic rings. The molecule has 0 saturated carbocycles. The fraction of sp³-hybridized carbons (Fsp3) is 0.0909. The average Bonchev–Trinajstić information content (AvgIpc) is 3.29. The molecule has 0 spiro atoms. The number of anilines is 1. The molecule has 164 valence electrons. The highest BCUT2D eigenvalue weighted by atomic mass is 35.5. The zero-order valence-electron chi connectivity index (χ0n) is 17.1. The SMILES string of the molecule is COc1ccc(-c2nc(-c3ccc(NS(=O)(=O)c4ccc(Cl)cc4)cc3)no2)cc1OC. The minimum absolute atomic E-state index is 0.115. The van der Waals surface area contributed by atoms with Crippen LogP contribution in [-0.4, -0.2) is 32.8 Å². The molecular weight excluding hydrogens is 454 g/mol. The van der Waals surface area contributed by atoms with E-state index in [1.165, 1.54) is 24.3 Å². The summed E-state index contributed by atoms with van der Waals surface area (Å²) in [6.45, 7) is 0. The maximum Gasteiger partial charge on any atom is 0.261 e. The molecule has 0 radical (unpaired) electrons. The number of benzene rings is 3. The van der Waals surface area contributed by atoms with Gasteiger partial charge in [0.25, 0.3) is 15.9 Å². The summed E-state index contributed by atoms with van der Waals surface area (Å²) in [5.41, 5.74) is 1.73. The van der Waals surface area contributed by atoms with Crippen LogP contribution in [0.1, 0.15) is 0 Å². The first-order chi connectivity index (χ1) is 15.4. The van der Waals surface area contributed by atoms with E-state index in [0.717, 1.165) is 0 Å². The summed E-state index contributed by atoms with van der Waals surface area (Å²) in [6.07, 6.45) is 0. The number of methoxy groups -OCH3 is 2. The van der Waals surface area contributed by atoms with E-state index in [-0.39, 0.29) is 4.90 Å². The standard InChI is InChI=1S/C22H18ClN3O5S/c1-29-19-12-5-15(13-20(19)30-2)22-24-21(25-31-22)14-3-8-17(9-4-14)26-32(27,28)18-10-6-16(23)7-11-18/h3-13,26H,1-2H3. The van der Waals surface area contributed by atoms with Crippen molar-refractivity contribution < 1.29 is 22.4 Å². The van der Waals surface area contributed by atoms with Gasteiger partial charge < -0.3 is 14.0 Å². The maximum absolute atomic E-state index is 12.5. The molecule has 0 aliphatic heterocycles. The predicted molar refractivity (Wildman–Crippen MR) is 121 cm³/mol. The number of aromatic nitrogens is 2. The van der Waals surface area contributed by atoms with Crippen molar-refractivity contribution in [3.8, 4) is 34.3 Å². The van der Waals surface area contributed by atoms with Gasteiger partial charge in [-0.05, 0) is 66.7 Å². The van der Waals surface area contributed by atoms with E-state index in [2.05, 4.69) is 14.9 Å². The average molecular weight is 472 g/mol. The molecule has 10 heteroatoms. The molecule has 32 heavy (non-hydrogen) atoms. The van der Waals surface area contributed by atoms with Crippen LogP contribution in [0.25, 0.3) is 22.8 Å². The minimum atomic E-state index is -3.73. The first-order valence-corrected chi connectivity index (χ1v) is 11.2. The largest absolute Gasteiger partial charge is 0.493 e. The highest BCUT2D eigenvalue weighted by Gasteiger charge is 2.16. The molecule has 3 aromatic carbocycles. The molecule has 0 fully saturated rings. The topological polar surface area (TPSA) is 104 Å². The Morgan fingerprint density at radius 2 is 1.53 bits per heavy atom. The van der Waals surface area contributed by atoms with Crippen LogP contribution in [0.4, 0.5) is 5.69 Å². The van der Waals surface area contributed by atoms with Crippen LogP contribution in [0, 0.1) is 0 Å². The number of sulfonamides is 1. The molecule has 4 rings (SSSR count). The van der Waals surface area contributed by atoms with Gasteiger partial charge in [-0.3, -0.25) is 4.72 Å². The molecule has 1 aromatic heterocycles. The van der Waals surface area contributed by atoms with Gasteiger partial charge in [0.05, 0.1) is 19.1 Å². The second-order valence-corrected chi connectivity index (χ2v) is 8.75. The molecule has 0 aliphatic carbocycles. The Labute approximate surface area is 189 Å². The van der Waals surface area contributed by atoms with Gasteiger partial charge in [0.15, 0.2) is 11.5 Å². The van der Waals surface area contributed by atoms with Crippen molar-refractivity contribution in [2.75, 3.05) is 18.9 Å². The summed E-state index contributed by atoms with van der Waals surface area (Å²) < 4.78 is 43.5. The maximum atomic E-state index is 12.5. The molecule has 0 unspecified atom stereocenters. The van der Waals surface area contributed by atoms with E-state index < -0.39 is 10.0 Å². The van der Waals surface area contributed by atoms with Crippen LogP contribution in [-0.2, 0) is 10.0 Å². The van der Waals surface area contributed by atoms with Gasteiger partial charge in [0.2, 0.25) is 5.82 Å². The number of halogens is 1. The van der Waals surface area contributed by atoms with E-state index in [0.29, 0.717) is 45.1 Å². The first kappa shape index (κ1) is 21.7. The van der Waals surface area contributed by atoms with Crippen LogP contribution < -0.4 is 14.2 Å². The molecule has 0 bridgehead atoms. The van der Waals surface area contributed by atoms with Gasteiger partial charge in [-0.2, -0.15) is 4.98 Å². The van der Waals surface area contributed by atoms with Crippen molar-refractivity contribution in [3.63, 3.8) is 0 Å². The normalized spacial score (nSPS) is 11.2. The lowest BCUT2D eigenvalue weighted by atomic mass is 10.2. The number of hydrogen-bond acceptors (Lipinski definition) is 7. The Hall–Kier alpha value is -3.56. The van der Waals surface area contributed by atoms with E-state index >= 15 is 0 Å². The van der Waals surface area contributed by atoms with Crippen molar-refractivity contribution in [2.45, 2.75) is 4.90 Å². The quantitative estimate of drug-likeness (QED) is 0.409. The van der Waals surface area contributed by atoms with Crippen molar-refractivity contribution in [3.05, 3.63) is 71.8 Å². The number of nitrogens with one attached hydrogen (secondary N) is 1. The Balaban J connectivity index is 1.53. The summed E-state index contributed by atoms with van der Waals surface area (Å²) in [5, 5.41) is 4.47. The third kappa shape index (κ3) is 4.53. The van der Waals surface area contributed by atoms with Crippen molar-refractivity contribution >= 4 is 27.3 Å². The Morgan fingerprint density at radius 3 is 2.19 bits per heavy atom. The number of ether oxygens (including phenoxy) is 2. The van der Waals surface area contributed by atoms with Crippen molar-refractivity contribution in [1.29, 1.82) is 0 Å². The highest BCUT2D eigenvalue weighted by Crippen LogP contribution is 2.32. The second kappa shape index (κ2) is 8.89. The molecular formula is C22H18ClN3O5S. The van der Waals surface area contributed by atoms with Gasteiger partial charge in [0.1, 0.15) is 0 Å². The van der Waals surface area contributed by atoms with Crippen LogP contribution in [0.15, 0.2) is 76.1 Å². The summed E-state index contributed by atoms with van der Waals surface area (Å²) in [6, 6.07) is 17.8. The smallest absolute Gasteiger partial charge is 0.261 e. The summed E-state index contributed by atoms with van der Waals surface area (Å²) in [5.74, 6) is 1.81. The third-order valence-corrected chi connectivity index (χ3v) is 6.22. The summed E-state index contributed by atoms with van der Waals surface area (Å²) in [7, 11) is -0.630. The van der Waals surface area contributed by atoms with E-state index in [9.17, 15) is 8.42 Å². The lowest BCUT2D eigenvalue weighted by molar-refractivity contribution is 0.355. The molecule has 0 aliphatic rings. The summed E-state index contributed by atoms with van der Waals surface area (Å²) >= 11 is 5.82. The Morgan fingerprint density at radius 1 is 0.875 bits per heavy atom. The van der Waals surface area contributed by atoms with Gasteiger partial charge >= 0.3 is 0 Å². The molecule has 1 N–H and O–H groups in total. The van der Waals surface area contributed by atoms with Crippen molar-refractivity contribution in [2.24, 2.45) is 0 Å². The van der Waals surface area contributed by atoms with E-state index in [4.69, 9.17) is 25.6 Å². The number of hydrogen-bond donors (Lipinski definition) is 1. The Kier molecular flexibility index (Phi) is 6.02. The summed E-state index contributed by atoms with van der Waals surface area (Å²) in [4.78, 5) is 4.53. The van der Waals surface area contributed by atoms with Gasteiger partial charge in [-0.1, -0.05) is 16.8 Å². The zero-order valence-corrected chi connectivity index (χ0v) is 18.6. The van der Waals surface area contributed by atoms with Gasteiger partial charge in [-0.25, -0.2) is 8.42 Å². The Bertz CT molecular complexity index is 1340. The van der Waals surface area contributed by atoms with Gasteiger partial charge in [0, 0.05) is 21.8 Å². The monoisotopic (exact) mass is 471 g/mol. The molecule has 0 saturated heterocycles. The van der Waals surface area contributed by atoms with E-state index in [1.807, 2.05) is 0 Å². The molecule has 8 nitrogen and oxygen atoms in total. The molecule has 0 atom stereocenters. The van der Waals surface area contributed by atoms with Gasteiger partial charge in [-0.15, -0.1) is 0 Å². The lowest BCUT2D eigenvalue weighted by Gasteiger charge is -2.08. The van der Waals surface area contributed by atoms with Crippen LogP contribution in [0.3, 0.4) is 0 Å². The highest BCUT2D eigenvalue weighted by molar-refractivity contribution is 7.92. The number of rotatable bonds is 7. The zero-order chi connectivity index (χ0) is 22.7.